The zero-order valence-electron chi connectivity index (χ0n) is 12.2. The number of aliphatic hydroxyl groups is 1. The van der Waals surface area contributed by atoms with Gasteiger partial charge in [-0.1, -0.05) is 19.4 Å². The van der Waals surface area contributed by atoms with Crippen LogP contribution in [0.5, 0.6) is 0 Å². The molecule has 0 amide bonds. The normalized spacial score (nSPS) is 27.9. The molecule has 1 aliphatic carbocycles. The molecule has 0 heterocycles. The van der Waals surface area contributed by atoms with E-state index < -0.39 is 11.5 Å². The predicted molar refractivity (Wildman–Crippen MR) is 76.4 cm³/mol. The maximum atomic E-state index is 13.4. The van der Waals surface area contributed by atoms with E-state index in [2.05, 4.69) is 13.0 Å². The van der Waals surface area contributed by atoms with E-state index in [1.165, 1.54) is 12.1 Å². The lowest BCUT2D eigenvalue weighted by Gasteiger charge is -2.38. The number of halogens is 1. The molecule has 1 unspecified atom stereocenters. The molecule has 2 rings (SSSR count). The van der Waals surface area contributed by atoms with Gasteiger partial charge >= 0.3 is 0 Å². The lowest BCUT2D eigenvalue weighted by atomic mass is 9.66. The van der Waals surface area contributed by atoms with Crippen LogP contribution in [-0.2, 0) is 0 Å². The van der Waals surface area contributed by atoms with Crippen molar-refractivity contribution in [1.29, 1.82) is 5.26 Å². The van der Waals surface area contributed by atoms with E-state index in [0.29, 0.717) is 24.3 Å². The number of nitrogens with zero attached hydrogens (tertiary/aromatic N) is 1. The molecular formula is C17H22FNO. The molecule has 2 nitrogen and oxygen atoms in total. The summed E-state index contributed by atoms with van der Waals surface area (Å²) in [5, 5.41) is 20.3. The van der Waals surface area contributed by atoms with Crippen LogP contribution < -0.4 is 0 Å². The summed E-state index contributed by atoms with van der Waals surface area (Å²) < 4.78 is 13.4. The van der Waals surface area contributed by atoms with E-state index in [1.54, 1.807) is 6.07 Å². The zero-order chi connectivity index (χ0) is 14.8. The number of benzene rings is 1. The summed E-state index contributed by atoms with van der Waals surface area (Å²) in [6.45, 7) is 4.01. The molecule has 1 aliphatic rings. The Kier molecular flexibility index (Phi) is 4.45. The number of rotatable bonds is 3. The largest absolute Gasteiger partial charge is 0.387 e. The number of aryl methyl sites for hydroxylation is 1. The predicted octanol–water partition coefficient (Wildman–Crippen LogP) is 4.28. The number of aliphatic hydroxyl groups excluding tert-OH is 1. The van der Waals surface area contributed by atoms with Crippen LogP contribution in [0.2, 0.25) is 0 Å². The van der Waals surface area contributed by atoms with Gasteiger partial charge in [0.15, 0.2) is 0 Å². The van der Waals surface area contributed by atoms with Gasteiger partial charge in [-0.2, -0.15) is 5.26 Å². The second kappa shape index (κ2) is 5.93. The molecule has 0 bridgehead atoms. The summed E-state index contributed by atoms with van der Waals surface area (Å²) in [7, 11) is 0. The maximum Gasteiger partial charge on any atom is 0.123 e. The first-order chi connectivity index (χ1) is 9.52. The van der Waals surface area contributed by atoms with Crippen molar-refractivity contribution in [2.24, 2.45) is 11.3 Å². The third-order valence-electron chi connectivity index (χ3n) is 4.86. The summed E-state index contributed by atoms with van der Waals surface area (Å²) >= 11 is 0. The molecule has 1 fully saturated rings. The van der Waals surface area contributed by atoms with E-state index in [4.69, 9.17) is 0 Å². The number of nitriles is 1. The van der Waals surface area contributed by atoms with Crippen molar-refractivity contribution in [3.8, 4) is 6.07 Å². The molecule has 0 spiro atoms. The average molecular weight is 275 g/mol. The molecule has 0 aromatic heterocycles. The fourth-order valence-corrected chi connectivity index (χ4v) is 3.25. The van der Waals surface area contributed by atoms with Crippen LogP contribution in [0.4, 0.5) is 4.39 Å². The quantitative estimate of drug-likeness (QED) is 0.894. The fraction of sp³-hybridized carbons (Fsp3) is 0.588. The summed E-state index contributed by atoms with van der Waals surface area (Å²) in [5.74, 6) is 0.289. The Morgan fingerprint density at radius 1 is 1.45 bits per heavy atom. The molecular weight excluding hydrogens is 253 g/mol. The van der Waals surface area contributed by atoms with E-state index in [0.717, 1.165) is 24.8 Å². The Balaban J connectivity index is 2.28. The standard InChI is InChI=1S/C17H22FNO/c1-3-13-6-8-17(11-19,9-7-13)16(20)15-10-14(18)5-4-12(15)2/h4-5,10,13,16,20H,3,6-9H2,1-2H3. The molecule has 1 aromatic carbocycles. The highest BCUT2D eigenvalue weighted by Crippen LogP contribution is 2.48. The summed E-state index contributed by atoms with van der Waals surface area (Å²) in [6, 6.07) is 6.75. The van der Waals surface area contributed by atoms with Crippen LogP contribution in [0.1, 0.15) is 56.3 Å². The minimum Gasteiger partial charge on any atom is -0.387 e. The Hall–Kier alpha value is -1.40. The van der Waals surface area contributed by atoms with Crippen molar-refractivity contribution in [3.63, 3.8) is 0 Å². The monoisotopic (exact) mass is 275 g/mol. The van der Waals surface area contributed by atoms with Gasteiger partial charge in [0, 0.05) is 0 Å². The van der Waals surface area contributed by atoms with Crippen LogP contribution in [0.3, 0.4) is 0 Å². The SMILES string of the molecule is CCC1CCC(C#N)(C(O)c2cc(F)ccc2C)CC1. The van der Waals surface area contributed by atoms with E-state index in [-0.39, 0.29) is 5.82 Å². The molecule has 1 N–H and O–H groups in total. The third-order valence-corrected chi connectivity index (χ3v) is 4.86. The van der Waals surface area contributed by atoms with Gasteiger partial charge in [0.2, 0.25) is 0 Å². The number of hydrogen-bond donors (Lipinski definition) is 1. The highest BCUT2D eigenvalue weighted by molar-refractivity contribution is 5.31. The second-order valence-corrected chi connectivity index (χ2v) is 6.02. The van der Waals surface area contributed by atoms with Gasteiger partial charge in [0.05, 0.1) is 17.6 Å². The fourth-order valence-electron chi connectivity index (χ4n) is 3.25. The molecule has 0 aliphatic heterocycles. The molecule has 108 valence electrons. The smallest absolute Gasteiger partial charge is 0.123 e. The minimum atomic E-state index is -0.902. The van der Waals surface area contributed by atoms with Gasteiger partial charge in [-0.3, -0.25) is 0 Å². The Morgan fingerprint density at radius 2 is 2.10 bits per heavy atom. The Morgan fingerprint density at radius 3 is 2.65 bits per heavy atom. The molecule has 0 saturated heterocycles. The highest BCUT2D eigenvalue weighted by atomic mass is 19.1. The molecule has 20 heavy (non-hydrogen) atoms. The van der Waals surface area contributed by atoms with Gasteiger partial charge in [-0.25, -0.2) is 4.39 Å². The average Bonchev–Trinajstić information content (AvgIpc) is 2.49. The van der Waals surface area contributed by atoms with Crippen LogP contribution >= 0.6 is 0 Å². The van der Waals surface area contributed by atoms with E-state index in [1.807, 2.05) is 6.92 Å². The summed E-state index contributed by atoms with van der Waals surface area (Å²) in [5.41, 5.74) is 0.636. The van der Waals surface area contributed by atoms with Crippen LogP contribution in [-0.4, -0.2) is 5.11 Å². The third kappa shape index (κ3) is 2.71. The van der Waals surface area contributed by atoms with E-state index in [9.17, 15) is 14.8 Å². The van der Waals surface area contributed by atoms with Crippen molar-refractivity contribution in [2.45, 2.75) is 52.1 Å². The maximum absolute atomic E-state index is 13.4. The van der Waals surface area contributed by atoms with Crippen molar-refractivity contribution in [1.82, 2.24) is 0 Å². The van der Waals surface area contributed by atoms with Crippen molar-refractivity contribution in [3.05, 3.63) is 35.1 Å². The minimum absolute atomic E-state index is 0.361. The molecule has 1 aromatic rings. The molecule has 3 heteroatoms. The van der Waals surface area contributed by atoms with E-state index >= 15 is 0 Å². The van der Waals surface area contributed by atoms with Crippen LogP contribution in [0, 0.1) is 35.4 Å². The van der Waals surface area contributed by atoms with Crippen molar-refractivity contribution < 1.29 is 9.50 Å². The van der Waals surface area contributed by atoms with Crippen molar-refractivity contribution in [2.75, 3.05) is 0 Å². The van der Waals surface area contributed by atoms with Crippen LogP contribution in [0.25, 0.3) is 0 Å². The first kappa shape index (κ1) is 15.0. The lowest BCUT2D eigenvalue weighted by molar-refractivity contribution is 0.0236. The zero-order valence-corrected chi connectivity index (χ0v) is 12.2. The van der Waals surface area contributed by atoms with Gasteiger partial charge in [0.25, 0.3) is 0 Å². The van der Waals surface area contributed by atoms with Gasteiger partial charge in [0.1, 0.15) is 5.82 Å². The molecule has 1 atom stereocenters. The van der Waals surface area contributed by atoms with Crippen molar-refractivity contribution >= 4 is 0 Å². The summed E-state index contributed by atoms with van der Waals surface area (Å²) in [6.07, 6.45) is 3.54. The second-order valence-electron chi connectivity index (χ2n) is 6.02. The highest BCUT2D eigenvalue weighted by Gasteiger charge is 2.42. The number of hydrogen-bond acceptors (Lipinski definition) is 2. The van der Waals surface area contributed by atoms with Gasteiger partial charge in [-0.15, -0.1) is 0 Å². The van der Waals surface area contributed by atoms with Gasteiger partial charge < -0.3 is 5.11 Å². The molecule has 0 radical (unpaired) electrons. The first-order valence-electron chi connectivity index (χ1n) is 7.38. The Labute approximate surface area is 120 Å². The lowest BCUT2D eigenvalue weighted by Crippen LogP contribution is -2.32. The topological polar surface area (TPSA) is 44.0 Å². The Bertz CT molecular complexity index is 512. The summed E-state index contributed by atoms with van der Waals surface area (Å²) in [4.78, 5) is 0. The molecule has 1 saturated carbocycles. The van der Waals surface area contributed by atoms with Crippen LogP contribution in [0.15, 0.2) is 18.2 Å². The van der Waals surface area contributed by atoms with Gasteiger partial charge in [-0.05, 0) is 61.8 Å². The first-order valence-corrected chi connectivity index (χ1v) is 7.38.